The largest absolute Gasteiger partial charge is 0.507 e. The number of hydrogen-bond donors (Lipinski definition) is 2. The maximum Gasteiger partial charge on any atom is 0.258 e. The Bertz CT molecular complexity index is 458. The van der Waals surface area contributed by atoms with Crippen LogP contribution in [0.4, 0.5) is 4.39 Å². The van der Waals surface area contributed by atoms with E-state index in [0.717, 1.165) is 6.07 Å². The summed E-state index contributed by atoms with van der Waals surface area (Å²) >= 11 is 0. The van der Waals surface area contributed by atoms with Crippen LogP contribution in [-0.4, -0.2) is 17.6 Å². The molecule has 0 bridgehead atoms. The number of halogens is 1. The standard InChI is InChI=1S/C12H13FN2O2/c1-12(2,6-14)7-15-11(17)10-8(13)4-3-5-9(10)16/h3-5,16H,7H2,1-2H3,(H,15,17). The lowest BCUT2D eigenvalue weighted by Crippen LogP contribution is -2.33. The molecule has 2 N–H and O–H groups in total. The zero-order valence-electron chi connectivity index (χ0n) is 9.62. The molecule has 0 saturated carbocycles. The number of aromatic hydroxyl groups is 1. The van der Waals surface area contributed by atoms with Crippen LogP contribution in [-0.2, 0) is 0 Å². The third-order valence-corrected chi connectivity index (χ3v) is 2.21. The van der Waals surface area contributed by atoms with E-state index in [1.165, 1.54) is 12.1 Å². The summed E-state index contributed by atoms with van der Waals surface area (Å²) in [6, 6.07) is 5.63. The summed E-state index contributed by atoms with van der Waals surface area (Å²) in [5.41, 5.74) is -1.14. The van der Waals surface area contributed by atoms with E-state index < -0.39 is 28.5 Å². The van der Waals surface area contributed by atoms with Crippen molar-refractivity contribution < 1.29 is 14.3 Å². The fraction of sp³-hybridized carbons (Fsp3) is 0.333. The molecule has 1 amide bonds. The van der Waals surface area contributed by atoms with Gasteiger partial charge in [0.15, 0.2) is 0 Å². The average Bonchev–Trinajstić information content (AvgIpc) is 2.26. The van der Waals surface area contributed by atoms with E-state index in [4.69, 9.17) is 5.26 Å². The van der Waals surface area contributed by atoms with E-state index in [9.17, 15) is 14.3 Å². The van der Waals surface area contributed by atoms with Crippen LogP contribution >= 0.6 is 0 Å². The van der Waals surface area contributed by atoms with Crippen LogP contribution < -0.4 is 5.32 Å². The Hall–Kier alpha value is -2.09. The number of phenols is 1. The minimum atomic E-state index is -0.794. The van der Waals surface area contributed by atoms with Crippen LogP contribution in [0.2, 0.25) is 0 Å². The summed E-state index contributed by atoms with van der Waals surface area (Å²) in [5.74, 6) is -1.95. The molecule has 0 saturated heterocycles. The van der Waals surface area contributed by atoms with Crippen molar-refractivity contribution in [1.82, 2.24) is 5.32 Å². The summed E-state index contributed by atoms with van der Waals surface area (Å²) in [6.45, 7) is 3.37. The molecule has 0 radical (unpaired) electrons. The summed E-state index contributed by atoms with van der Waals surface area (Å²) in [6.07, 6.45) is 0. The highest BCUT2D eigenvalue weighted by atomic mass is 19.1. The second kappa shape index (κ2) is 4.83. The van der Waals surface area contributed by atoms with Gasteiger partial charge in [-0.2, -0.15) is 5.26 Å². The Kier molecular flexibility index (Phi) is 3.69. The van der Waals surface area contributed by atoms with E-state index in [1.54, 1.807) is 13.8 Å². The van der Waals surface area contributed by atoms with Crippen LogP contribution in [0.1, 0.15) is 24.2 Å². The zero-order valence-corrected chi connectivity index (χ0v) is 9.62. The van der Waals surface area contributed by atoms with Gasteiger partial charge in [-0.1, -0.05) is 6.07 Å². The van der Waals surface area contributed by atoms with Gasteiger partial charge in [0.1, 0.15) is 17.1 Å². The van der Waals surface area contributed by atoms with Crippen LogP contribution in [0.3, 0.4) is 0 Å². The number of amides is 1. The van der Waals surface area contributed by atoms with E-state index in [-0.39, 0.29) is 6.54 Å². The average molecular weight is 236 g/mol. The monoisotopic (exact) mass is 236 g/mol. The number of carbonyl (C=O) groups is 1. The van der Waals surface area contributed by atoms with Crippen molar-refractivity contribution in [2.24, 2.45) is 5.41 Å². The van der Waals surface area contributed by atoms with Gasteiger partial charge in [-0.05, 0) is 26.0 Å². The predicted molar refractivity (Wildman–Crippen MR) is 59.8 cm³/mol. The predicted octanol–water partition coefficient (Wildman–Crippen LogP) is 1.81. The highest BCUT2D eigenvalue weighted by Gasteiger charge is 2.21. The highest BCUT2D eigenvalue weighted by Crippen LogP contribution is 2.20. The van der Waals surface area contributed by atoms with Gasteiger partial charge in [0, 0.05) is 6.54 Å². The molecule has 1 aromatic carbocycles. The van der Waals surface area contributed by atoms with Crippen molar-refractivity contribution >= 4 is 5.91 Å². The minimum Gasteiger partial charge on any atom is -0.507 e. The molecular weight excluding hydrogens is 223 g/mol. The Morgan fingerprint density at radius 3 is 2.76 bits per heavy atom. The molecule has 1 aromatic rings. The summed E-state index contributed by atoms with van der Waals surface area (Å²) in [5, 5.41) is 20.6. The molecule has 0 spiro atoms. The SMILES string of the molecule is CC(C)(C#N)CNC(=O)c1c(O)cccc1F. The number of phenolic OH excluding ortho intramolecular Hbond substituents is 1. The maximum atomic E-state index is 13.3. The fourth-order valence-corrected chi connectivity index (χ4v) is 1.17. The smallest absolute Gasteiger partial charge is 0.258 e. The van der Waals surface area contributed by atoms with Crippen LogP contribution in [0, 0.1) is 22.6 Å². The molecule has 17 heavy (non-hydrogen) atoms. The number of hydrogen-bond acceptors (Lipinski definition) is 3. The van der Waals surface area contributed by atoms with Gasteiger partial charge in [-0.25, -0.2) is 4.39 Å². The first-order valence-corrected chi connectivity index (χ1v) is 5.04. The molecule has 0 unspecified atom stereocenters. The topological polar surface area (TPSA) is 73.1 Å². The number of benzene rings is 1. The Balaban J connectivity index is 2.82. The van der Waals surface area contributed by atoms with Crippen LogP contribution in [0.5, 0.6) is 5.75 Å². The lowest BCUT2D eigenvalue weighted by atomic mass is 9.96. The third-order valence-electron chi connectivity index (χ3n) is 2.21. The van der Waals surface area contributed by atoms with Crippen molar-refractivity contribution in [3.63, 3.8) is 0 Å². The normalized spacial score (nSPS) is 10.7. The quantitative estimate of drug-likeness (QED) is 0.840. The first kappa shape index (κ1) is 13.0. The fourth-order valence-electron chi connectivity index (χ4n) is 1.17. The number of rotatable bonds is 3. The van der Waals surface area contributed by atoms with Crippen molar-refractivity contribution in [1.29, 1.82) is 5.26 Å². The minimum absolute atomic E-state index is 0.0795. The van der Waals surface area contributed by atoms with E-state index in [0.29, 0.717) is 0 Å². The van der Waals surface area contributed by atoms with Crippen LogP contribution in [0.25, 0.3) is 0 Å². The third kappa shape index (κ3) is 3.18. The summed E-state index contributed by atoms with van der Waals surface area (Å²) in [7, 11) is 0. The van der Waals surface area contributed by atoms with Crippen LogP contribution in [0.15, 0.2) is 18.2 Å². The number of carbonyl (C=O) groups excluding carboxylic acids is 1. The lowest BCUT2D eigenvalue weighted by Gasteiger charge is -2.16. The van der Waals surface area contributed by atoms with E-state index in [1.807, 2.05) is 6.07 Å². The maximum absolute atomic E-state index is 13.3. The Morgan fingerprint density at radius 1 is 1.59 bits per heavy atom. The van der Waals surface area contributed by atoms with Gasteiger partial charge < -0.3 is 10.4 Å². The van der Waals surface area contributed by atoms with Gasteiger partial charge in [-0.15, -0.1) is 0 Å². The molecule has 4 nitrogen and oxygen atoms in total. The summed E-state index contributed by atoms with van der Waals surface area (Å²) < 4.78 is 13.3. The molecular formula is C12H13FN2O2. The molecule has 1 rings (SSSR count). The van der Waals surface area contributed by atoms with Gasteiger partial charge >= 0.3 is 0 Å². The number of nitrogens with zero attached hydrogens (tertiary/aromatic N) is 1. The van der Waals surface area contributed by atoms with Gasteiger partial charge in [0.25, 0.3) is 5.91 Å². The number of nitriles is 1. The molecule has 0 aliphatic rings. The molecule has 0 aromatic heterocycles. The number of nitrogens with one attached hydrogen (secondary N) is 1. The zero-order chi connectivity index (χ0) is 13.1. The second-order valence-electron chi connectivity index (χ2n) is 4.31. The molecule has 90 valence electrons. The van der Waals surface area contributed by atoms with Crippen molar-refractivity contribution in [3.05, 3.63) is 29.6 Å². The molecule has 5 heteroatoms. The Labute approximate surface area is 98.7 Å². The first-order valence-electron chi connectivity index (χ1n) is 5.04. The summed E-state index contributed by atoms with van der Waals surface area (Å²) in [4.78, 5) is 11.6. The molecule has 0 aliphatic heterocycles. The molecule has 0 aliphatic carbocycles. The highest BCUT2D eigenvalue weighted by molar-refractivity contribution is 5.97. The van der Waals surface area contributed by atoms with E-state index in [2.05, 4.69) is 5.32 Å². The molecule has 0 fully saturated rings. The van der Waals surface area contributed by atoms with Gasteiger partial charge in [0.05, 0.1) is 11.5 Å². The van der Waals surface area contributed by atoms with Gasteiger partial charge in [0.2, 0.25) is 0 Å². The molecule has 0 heterocycles. The Morgan fingerprint density at radius 2 is 2.24 bits per heavy atom. The lowest BCUT2D eigenvalue weighted by molar-refractivity contribution is 0.0937. The van der Waals surface area contributed by atoms with Crippen molar-refractivity contribution in [3.8, 4) is 11.8 Å². The van der Waals surface area contributed by atoms with E-state index >= 15 is 0 Å². The first-order chi connectivity index (χ1) is 7.87. The van der Waals surface area contributed by atoms with Gasteiger partial charge in [-0.3, -0.25) is 4.79 Å². The van der Waals surface area contributed by atoms with Crippen molar-refractivity contribution in [2.45, 2.75) is 13.8 Å². The molecule has 0 atom stereocenters. The second-order valence-corrected chi connectivity index (χ2v) is 4.31. The van der Waals surface area contributed by atoms with Crippen molar-refractivity contribution in [2.75, 3.05) is 6.54 Å².